The average molecular weight is 135 g/mol. The molecule has 0 aromatic heterocycles. The zero-order valence-corrected chi connectivity index (χ0v) is 6.89. The quantitative estimate of drug-likeness (QED) is 0.430. The van der Waals surface area contributed by atoms with E-state index in [0.29, 0.717) is 4.48 Å². The predicted octanol–water partition coefficient (Wildman–Crippen LogP) is 0.583. The van der Waals surface area contributed by atoms with E-state index in [4.69, 9.17) is 5.11 Å². The highest BCUT2D eigenvalue weighted by Crippen LogP contribution is 2.01. The van der Waals surface area contributed by atoms with Gasteiger partial charge in [0, 0.05) is 6.42 Å². The summed E-state index contributed by atoms with van der Waals surface area (Å²) in [5.41, 5.74) is 0. The SMILES string of the molecule is CCC(O)[N+](C)(C)C.N. The van der Waals surface area contributed by atoms with Crippen LogP contribution in [0.15, 0.2) is 0 Å². The Hall–Kier alpha value is -0.120. The van der Waals surface area contributed by atoms with Crippen LogP contribution in [0.2, 0.25) is 0 Å². The third-order valence-corrected chi connectivity index (χ3v) is 1.26. The number of quaternary nitrogens is 1. The van der Waals surface area contributed by atoms with E-state index in [1.54, 1.807) is 0 Å². The molecule has 1 atom stereocenters. The van der Waals surface area contributed by atoms with Gasteiger partial charge in [0.25, 0.3) is 0 Å². The molecule has 0 rings (SSSR count). The van der Waals surface area contributed by atoms with Gasteiger partial charge in [0.2, 0.25) is 0 Å². The molecule has 58 valence electrons. The molecule has 0 amide bonds. The highest BCUT2D eigenvalue weighted by atomic mass is 16.3. The first-order valence-electron chi connectivity index (χ1n) is 2.97. The summed E-state index contributed by atoms with van der Waals surface area (Å²) in [6.45, 7) is 1.98. The molecule has 0 radical (unpaired) electrons. The Morgan fingerprint density at radius 1 is 1.33 bits per heavy atom. The summed E-state index contributed by atoms with van der Waals surface area (Å²) < 4.78 is 0.635. The minimum absolute atomic E-state index is 0. The van der Waals surface area contributed by atoms with Gasteiger partial charge in [-0.05, 0) is 0 Å². The zero-order valence-electron chi connectivity index (χ0n) is 6.89. The first kappa shape index (κ1) is 11.6. The third kappa shape index (κ3) is 4.39. The van der Waals surface area contributed by atoms with Crippen molar-refractivity contribution in [2.45, 2.75) is 19.6 Å². The van der Waals surface area contributed by atoms with Crippen LogP contribution >= 0.6 is 0 Å². The molecule has 0 saturated heterocycles. The number of rotatable bonds is 2. The van der Waals surface area contributed by atoms with Crippen molar-refractivity contribution >= 4 is 0 Å². The highest BCUT2D eigenvalue weighted by Gasteiger charge is 2.16. The number of hydrogen-bond donors (Lipinski definition) is 2. The van der Waals surface area contributed by atoms with Gasteiger partial charge in [0.05, 0.1) is 21.1 Å². The summed E-state index contributed by atoms with van der Waals surface area (Å²) in [5.74, 6) is 0. The largest absolute Gasteiger partial charge is 0.345 e. The molecule has 0 fully saturated rings. The van der Waals surface area contributed by atoms with Crippen LogP contribution in [0.1, 0.15) is 13.3 Å². The first-order chi connectivity index (χ1) is 3.48. The molecule has 0 saturated carbocycles. The van der Waals surface area contributed by atoms with E-state index in [2.05, 4.69) is 0 Å². The lowest BCUT2D eigenvalue weighted by molar-refractivity contribution is -0.918. The second-order valence-electron chi connectivity index (χ2n) is 3.01. The Morgan fingerprint density at radius 2 is 1.67 bits per heavy atom. The highest BCUT2D eigenvalue weighted by molar-refractivity contribution is 4.30. The van der Waals surface area contributed by atoms with E-state index in [-0.39, 0.29) is 12.4 Å². The molecule has 4 N–H and O–H groups in total. The van der Waals surface area contributed by atoms with Crippen LogP contribution in [0.25, 0.3) is 0 Å². The fraction of sp³-hybridized carbons (Fsp3) is 1.00. The maximum absolute atomic E-state index is 9.17. The molecule has 0 aliphatic rings. The lowest BCUT2D eigenvalue weighted by atomic mass is 10.4. The molecular weight excluding hydrogens is 116 g/mol. The van der Waals surface area contributed by atoms with E-state index in [9.17, 15) is 0 Å². The maximum Gasteiger partial charge on any atom is 0.189 e. The van der Waals surface area contributed by atoms with Crippen molar-refractivity contribution in [1.29, 1.82) is 0 Å². The van der Waals surface area contributed by atoms with Crippen molar-refractivity contribution in [2.75, 3.05) is 21.1 Å². The lowest BCUT2D eigenvalue weighted by Crippen LogP contribution is -2.44. The van der Waals surface area contributed by atoms with Gasteiger partial charge in [0.15, 0.2) is 6.23 Å². The minimum atomic E-state index is -0.213. The van der Waals surface area contributed by atoms with Gasteiger partial charge >= 0.3 is 0 Å². The smallest absolute Gasteiger partial charge is 0.189 e. The van der Waals surface area contributed by atoms with Crippen LogP contribution in [0.5, 0.6) is 0 Å². The van der Waals surface area contributed by atoms with E-state index in [0.717, 1.165) is 6.42 Å². The van der Waals surface area contributed by atoms with Gasteiger partial charge in [-0.15, -0.1) is 0 Å². The number of aliphatic hydroxyl groups excluding tert-OH is 1. The van der Waals surface area contributed by atoms with Gasteiger partial charge in [-0.2, -0.15) is 0 Å². The summed E-state index contributed by atoms with van der Waals surface area (Å²) >= 11 is 0. The lowest BCUT2D eigenvalue weighted by Gasteiger charge is -2.28. The fourth-order valence-corrected chi connectivity index (χ4v) is 0.548. The van der Waals surface area contributed by atoms with Gasteiger partial charge in [-0.25, -0.2) is 0 Å². The molecule has 0 bridgehead atoms. The zero-order chi connectivity index (χ0) is 6.78. The summed E-state index contributed by atoms with van der Waals surface area (Å²) in [6, 6.07) is 0. The summed E-state index contributed by atoms with van der Waals surface area (Å²) in [5, 5.41) is 9.17. The van der Waals surface area contributed by atoms with Crippen molar-refractivity contribution < 1.29 is 9.59 Å². The molecule has 0 heterocycles. The van der Waals surface area contributed by atoms with Crippen LogP contribution in [0, 0.1) is 0 Å². The molecule has 3 nitrogen and oxygen atoms in total. The third-order valence-electron chi connectivity index (χ3n) is 1.26. The standard InChI is InChI=1S/C6H16NO.H3N/c1-5-6(8)7(2,3)4;/h6,8H,5H2,1-4H3;1H3/q+1;. The van der Waals surface area contributed by atoms with Crippen molar-refractivity contribution in [2.24, 2.45) is 0 Å². The van der Waals surface area contributed by atoms with Gasteiger partial charge in [-0.1, -0.05) is 6.92 Å². The fourth-order valence-electron chi connectivity index (χ4n) is 0.548. The van der Waals surface area contributed by atoms with E-state index < -0.39 is 0 Å². The maximum atomic E-state index is 9.17. The Bertz CT molecular complexity index is 67.9. The van der Waals surface area contributed by atoms with Gasteiger partial charge in [-0.3, -0.25) is 0 Å². The van der Waals surface area contributed by atoms with E-state index >= 15 is 0 Å². The molecule has 0 aromatic rings. The molecule has 0 aromatic carbocycles. The molecule has 0 aliphatic heterocycles. The predicted molar refractivity (Wildman–Crippen MR) is 39.4 cm³/mol. The van der Waals surface area contributed by atoms with Crippen LogP contribution in [0.4, 0.5) is 0 Å². The molecule has 3 heteroatoms. The van der Waals surface area contributed by atoms with Crippen LogP contribution < -0.4 is 6.15 Å². The second-order valence-corrected chi connectivity index (χ2v) is 3.01. The second kappa shape index (κ2) is 3.82. The molecule has 0 spiro atoms. The van der Waals surface area contributed by atoms with E-state index in [1.807, 2.05) is 28.1 Å². The summed E-state index contributed by atoms with van der Waals surface area (Å²) in [7, 11) is 5.94. The van der Waals surface area contributed by atoms with Gasteiger partial charge < -0.3 is 15.7 Å². The van der Waals surface area contributed by atoms with Crippen LogP contribution in [0.3, 0.4) is 0 Å². The topological polar surface area (TPSA) is 55.2 Å². The van der Waals surface area contributed by atoms with E-state index in [1.165, 1.54) is 0 Å². The number of aliphatic hydroxyl groups is 1. The minimum Gasteiger partial charge on any atom is -0.345 e. The number of nitrogens with zero attached hydrogens (tertiary/aromatic N) is 1. The van der Waals surface area contributed by atoms with Crippen molar-refractivity contribution in [1.82, 2.24) is 6.15 Å². The molecule has 1 unspecified atom stereocenters. The van der Waals surface area contributed by atoms with Crippen molar-refractivity contribution in [3.63, 3.8) is 0 Å². The Labute approximate surface area is 57.5 Å². The first-order valence-corrected chi connectivity index (χ1v) is 2.97. The Kier molecular flexibility index (Phi) is 4.95. The normalized spacial score (nSPS) is 14.3. The van der Waals surface area contributed by atoms with Crippen molar-refractivity contribution in [3.8, 4) is 0 Å². The van der Waals surface area contributed by atoms with Crippen molar-refractivity contribution in [3.05, 3.63) is 0 Å². The molecule has 9 heavy (non-hydrogen) atoms. The molecular formula is C6H19N2O+. The summed E-state index contributed by atoms with van der Waals surface area (Å²) in [6.07, 6.45) is 0.610. The van der Waals surface area contributed by atoms with Crippen LogP contribution in [-0.2, 0) is 0 Å². The molecule has 0 aliphatic carbocycles. The van der Waals surface area contributed by atoms with Gasteiger partial charge in [0.1, 0.15) is 0 Å². The van der Waals surface area contributed by atoms with Crippen LogP contribution in [-0.4, -0.2) is 37.0 Å². The Morgan fingerprint density at radius 3 is 1.67 bits per heavy atom. The summed E-state index contributed by atoms with van der Waals surface area (Å²) in [4.78, 5) is 0. The monoisotopic (exact) mass is 135 g/mol. The average Bonchev–Trinajstić information content (AvgIpc) is 1.62. The number of hydrogen-bond acceptors (Lipinski definition) is 2. The Balaban J connectivity index is 0.